The molecule has 2 rings (SSSR count). The Morgan fingerprint density at radius 1 is 1.12 bits per heavy atom. The minimum atomic E-state index is -5.08. The predicted molar refractivity (Wildman–Crippen MR) is 134 cm³/mol. The molecule has 222 valence electrons. The summed E-state index contributed by atoms with van der Waals surface area (Å²) in [6.45, 7) is 1.64. The maximum Gasteiger partial charge on any atom is 0.490 e. The predicted octanol–water partition coefficient (Wildman–Crippen LogP) is -0.406. The first-order chi connectivity index (χ1) is 18.2. The van der Waals surface area contributed by atoms with E-state index >= 15 is 0 Å². The molecule has 15 nitrogen and oxygen atoms in total. The van der Waals surface area contributed by atoms with E-state index in [0.717, 1.165) is 30.5 Å². The number of benzene rings is 1. The summed E-state index contributed by atoms with van der Waals surface area (Å²) in [5.74, 6) is -3.67. The van der Waals surface area contributed by atoms with Crippen LogP contribution in [-0.4, -0.2) is 70.3 Å². The molecule has 1 aromatic heterocycles. The third-order valence-corrected chi connectivity index (χ3v) is 6.84. The third-order valence-electron chi connectivity index (χ3n) is 4.35. The summed E-state index contributed by atoms with van der Waals surface area (Å²) in [5.41, 5.74) is 6.61. The molecule has 0 spiro atoms. The number of anilines is 1. The van der Waals surface area contributed by atoms with Crippen LogP contribution in [0.4, 0.5) is 18.9 Å². The van der Waals surface area contributed by atoms with E-state index in [-0.39, 0.29) is 40.6 Å². The van der Waals surface area contributed by atoms with Gasteiger partial charge < -0.3 is 21.1 Å². The molecule has 0 atom stereocenters. The number of halogens is 3. The number of hydrogen-bond acceptors (Lipinski definition) is 9. The molecule has 8 N–H and O–H groups in total. The van der Waals surface area contributed by atoms with E-state index in [1.165, 1.54) is 6.07 Å². The van der Waals surface area contributed by atoms with Crippen LogP contribution in [0.25, 0.3) is 0 Å². The van der Waals surface area contributed by atoms with Crippen molar-refractivity contribution in [1.82, 2.24) is 15.8 Å². The Morgan fingerprint density at radius 2 is 1.65 bits per heavy atom. The second-order valence-electron chi connectivity index (χ2n) is 7.72. The fourth-order valence-corrected chi connectivity index (χ4v) is 4.41. The van der Waals surface area contributed by atoms with Crippen molar-refractivity contribution in [1.29, 1.82) is 5.41 Å². The molecule has 1 heterocycles. The molecule has 1 amide bonds. The molecule has 1 aromatic carbocycles. The van der Waals surface area contributed by atoms with E-state index in [4.69, 9.17) is 25.9 Å². The second-order valence-corrected chi connectivity index (χ2v) is 11.4. The van der Waals surface area contributed by atoms with Crippen molar-refractivity contribution < 1.29 is 49.5 Å². The van der Waals surface area contributed by atoms with Gasteiger partial charge in [0.2, 0.25) is 11.9 Å². The number of carbonyl (C=O) groups excluding carboxylic acids is 1. The number of carbonyl (C=O) groups is 2. The topological polar surface area (TPSA) is 251 Å². The van der Waals surface area contributed by atoms with Gasteiger partial charge in [-0.25, -0.2) is 27.1 Å². The normalized spacial score (nSPS) is 11.5. The number of sulfonamides is 1. The maximum absolute atomic E-state index is 12.8. The Balaban J connectivity index is 0.00000101. The molecule has 40 heavy (non-hydrogen) atoms. The molecule has 0 radical (unpaired) electrons. The highest BCUT2D eigenvalue weighted by molar-refractivity contribution is 7.92. The molecule has 0 unspecified atom stereocenters. The van der Waals surface area contributed by atoms with Gasteiger partial charge in [0.1, 0.15) is 5.69 Å². The highest BCUT2D eigenvalue weighted by Gasteiger charge is 2.38. The molecule has 0 saturated heterocycles. The number of aliphatic carboxylic acids is 1. The average molecular weight is 615 g/mol. The minimum Gasteiger partial charge on any atom is -0.475 e. The largest absolute Gasteiger partial charge is 0.490 e. The fraction of sp³-hybridized carbons (Fsp3) is 0.300. The Kier molecular flexibility index (Phi) is 11.6. The molecule has 0 bridgehead atoms. The van der Waals surface area contributed by atoms with E-state index < -0.39 is 49.4 Å². The number of nitrogens with two attached hydrogens (primary N) is 1. The van der Waals surface area contributed by atoms with Gasteiger partial charge in [0, 0.05) is 18.5 Å². The van der Waals surface area contributed by atoms with Crippen LogP contribution in [0, 0.1) is 12.3 Å². The SMILES string of the molecule is Cc1cc(CC(=O)NCCONC(=N)N)c(NS(=O)(=O)c2ccc(S(C)(=O)=O)cc2)c(=O)[nH]1.O=C(O)C(F)(F)F. The van der Waals surface area contributed by atoms with E-state index in [0.29, 0.717) is 5.69 Å². The Bertz CT molecular complexity index is 1510. The van der Waals surface area contributed by atoms with Crippen LogP contribution in [0.15, 0.2) is 44.9 Å². The quantitative estimate of drug-likeness (QED) is 0.0784. The second kappa shape index (κ2) is 13.8. The van der Waals surface area contributed by atoms with E-state index in [1.54, 1.807) is 6.92 Å². The average Bonchev–Trinajstić information content (AvgIpc) is 2.80. The molecule has 0 aliphatic carbocycles. The van der Waals surface area contributed by atoms with Gasteiger partial charge in [-0.1, -0.05) is 0 Å². The maximum atomic E-state index is 12.8. The highest BCUT2D eigenvalue weighted by atomic mass is 32.2. The van der Waals surface area contributed by atoms with Gasteiger partial charge in [0.15, 0.2) is 9.84 Å². The molecule has 0 aliphatic rings. The highest BCUT2D eigenvalue weighted by Crippen LogP contribution is 2.20. The van der Waals surface area contributed by atoms with Gasteiger partial charge in [-0.15, -0.1) is 0 Å². The summed E-state index contributed by atoms with van der Waals surface area (Å²) in [4.78, 5) is 40.5. The van der Waals surface area contributed by atoms with E-state index in [1.807, 2.05) is 0 Å². The van der Waals surface area contributed by atoms with Crippen molar-refractivity contribution >= 4 is 43.4 Å². The lowest BCUT2D eigenvalue weighted by Gasteiger charge is -2.13. The Hall–Kier alpha value is -4.17. The first-order valence-electron chi connectivity index (χ1n) is 10.6. The minimum absolute atomic E-state index is 0.00266. The summed E-state index contributed by atoms with van der Waals surface area (Å²) >= 11 is 0. The van der Waals surface area contributed by atoms with Gasteiger partial charge in [-0.3, -0.25) is 24.6 Å². The summed E-state index contributed by atoms with van der Waals surface area (Å²) in [5, 5.41) is 16.6. The number of carboxylic acids is 1. The van der Waals surface area contributed by atoms with E-state index in [2.05, 4.69) is 20.5 Å². The number of pyridine rings is 1. The van der Waals surface area contributed by atoms with Gasteiger partial charge in [0.05, 0.1) is 22.8 Å². The van der Waals surface area contributed by atoms with Crippen LogP contribution in [0.3, 0.4) is 0 Å². The zero-order valence-corrected chi connectivity index (χ0v) is 22.4. The zero-order valence-electron chi connectivity index (χ0n) is 20.7. The van der Waals surface area contributed by atoms with Crippen molar-refractivity contribution in [2.24, 2.45) is 5.73 Å². The van der Waals surface area contributed by atoms with Crippen molar-refractivity contribution in [2.75, 3.05) is 24.1 Å². The molecule has 0 aliphatic heterocycles. The molecule has 0 fully saturated rings. The number of amides is 1. The number of carboxylic acid groups (broad SMARTS) is 1. The number of guanidine groups is 1. The van der Waals surface area contributed by atoms with Crippen molar-refractivity contribution in [3.05, 3.63) is 51.9 Å². The Labute approximate surface area is 225 Å². The number of alkyl halides is 3. The van der Waals surface area contributed by atoms with Crippen LogP contribution < -0.4 is 26.8 Å². The molecular weight excluding hydrogens is 589 g/mol. The number of H-pyrrole nitrogens is 1. The third kappa shape index (κ3) is 11.3. The van der Waals surface area contributed by atoms with Crippen LogP contribution in [0.5, 0.6) is 0 Å². The molecule has 2 aromatic rings. The molecule has 20 heteroatoms. The standard InChI is InChI=1S/C18H24N6O7S2.C2HF3O2/c1-11-9-12(10-15(25)21-7-8-31-23-18(19)20)16(17(26)22-11)24-33(29,30)14-5-3-13(4-6-14)32(2,27)28;3-2(4,5)1(6)7/h3-6,9,24H,7-8,10H2,1-2H3,(H,21,25)(H,22,26)(H4,19,20,23);(H,6,7). The first kappa shape index (κ1) is 33.9. The van der Waals surface area contributed by atoms with Crippen LogP contribution >= 0.6 is 0 Å². The number of aryl methyl sites for hydroxylation is 1. The van der Waals surface area contributed by atoms with Gasteiger partial charge >= 0.3 is 12.1 Å². The smallest absolute Gasteiger partial charge is 0.475 e. The number of aromatic amines is 1. The lowest BCUT2D eigenvalue weighted by Crippen LogP contribution is -2.35. The van der Waals surface area contributed by atoms with Crippen LogP contribution in [-0.2, 0) is 40.7 Å². The van der Waals surface area contributed by atoms with Crippen LogP contribution in [0.1, 0.15) is 11.3 Å². The number of hydroxylamine groups is 1. The summed E-state index contributed by atoms with van der Waals surface area (Å²) in [7, 11) is -7.77. The monoisotopic (exact) mass is 614 g/mol. The van der Waals surface area contributed by atoms with Gasteiger partial charge in [-0.2, -0.15) is 13.2 Å². The summed E-state index contributed by atoms with van der Waals surface area (Å²) in [6, 6.07) is 5.94. The van der Waals surface area contributed by atoms with Gasteiger partial charge in [-0.05, 0) is 42.8 Å². The number of nitrogens with one attached hydrogen (secondary N) is 5. The number of rotatable bonds is 10. The fourth-order valence-electron chi connectivity index (χ4n) is 2.67. The number of aromatic nitrogens is 1. The van der Waals surface area contributed by atoms with Crippen molar-refractivity contribution in [3.63, 3.8) is 0 Å². The van der Waals surface area contributed by atoms with E-state index in [9.17, 15) is 39.6 Å². The molecule has 0 saturated carbocycles. The van der Waals surface area contributed by atoms with Crippen molar-refractivity contribution in [3.8, 4) is 0 Å². The molecular formula is C20H25F3N6O9S2. The number of sulfone groups is 1. The first-order valence-corrected chi connectivity index (χ1v) is 14.0. The van der Waals surface area contributed by atoms with Crippen LogP contribution in [0.2, 0.25) is 0 Å². The Morgan fingerprint density at radius 3 is 2.12 bits per heavy atom. The lowest BCUT2D eigenvalue weighted by molar-refractivity contribution is -0.192. The zero-order chi connectivity index (χ0) is 30.9. The van der Waals surface area contributed by atoms with Crippen molar-refractivity contribution in [2.45, 2.75) is 29.3 Å². The summed E-state index contributed by atoms with van der Waals surface area (Å²) in [6.07, 6.45) is -4.40. The van der Waals surface area contributed by atoms with Gasteiger partial charge in [0.25, 0.3) is 15.6 Å². The number of hydrogen-bond donors (Lipinski definition) is 7. The lowest BCUT2D eigenvalue weighted by atomic mass is 10.1. The summed E-state index contributed by atoms with van der Waals surface area (Å²) < 4.78 is 82.6.